The standard InChI is InChI=1S/C13H20N4O2/c1-9-8-11(17-12(16-9)13(18)19-2)15-7-5-10-4-3-6-14-10/h8,10,14H,3-7H2,1-2H3,(H,15,16,17)/t10-/m0/s1. The number of esters is 1. The van der Waals surface area contributed by atoms with E-state index in [2.05, 4.69) is 25.3 Å². The zero-order valence-corrected chi connectivity index (χ0v) is 11.4. The average Bonchev–Trinajstić information content (AvgIpc) is 2.90. The van der Waals surface area contributed by atoms with Crippen LogP contribution in [0.3, 0.4) is 0 Å². The van der Waals surface area contributed by atoms with Gasteiger partial charge in [0, 0.05) is 24.3 Å². The Balaban J connectivity index is 1.91. The van der Waals surface area contributed by atoms with E-state index in [1.807, 2.05) is 13.0 Å². The van der Waals surface area contributed by atoms with E-state index in [4.69, 9.17) is 0 Å². The summed E-state index contributed by atoms with van der Waals surface area (Å²) in [7, 11) is 1.33. The van der Waals surface area contributed by atoms with Crippen molar-refractivity contribution in [1.82, 2.24) is 15.3 Å². The molecule has 1 aliphatic rings. The van der Waals surface area contributed by atoms with Gasteiger partial charge in [0.15, 0.2) is 0 Å². The van der Waals surface area contributed by atoms with Crippen LogP contribution in [0, 0.1) is 6.92 Å². The Hall–Kier alpha value is -1.69. The lowest BCUT2D eigenvalue weighted by Gasteiger charge is -2.11. The molecule has 0 spiro atoms. The summed E-state index contributed by atoms with van der Waals surface area (Å²) < 4.78 is 4.63. The van der Waals surface area contributed by atoms with E-state index in [9.17, 15) is 4.79 Å². The van der Waals surface area contributed by atoms with Crippen LogP contribution in [0.4, 0.5) is 5.82 Å². The zero-order chi connectivity index (χ0) is 13.7. The molecule has 6 heteroatoms. The summed E-state index contributed by atoms with van der Waals surface area (Å²) in [5.41, 5.74) is 0.747. The number of aryl methyl sites for hydroxylation is 1. The van der Waals surface area contributed by atoms with Gasteiger partial charge in [0.1, 0.15) is 5.82 Å². The second kappa shape index (κ2) is 6.47. The van der Waals surface area contributed by atoms with Gasteiger partial charge in [-0.1, -0.05) is 0 Å². The lowest BCUT2D eigenvalue weighted by atomic mass is 10.1. The lowest BCUT2D eigenvalue weighted by molar-refractivity contribution is 0.0586. The minimum absolute atomic E-state index is 0.101. The van der Waals surface area contributed by atoms with Crippen LogP contribution in [0.2, 0.25) is 0 Å². The van der Waals surface area contributed by atoms with Crippen molar-refractivity contribution in [2.45, 2.75) is 32.2 Å². The largest absolute Gasteiger partial charge is 0.463 e. The molecule has 1 atom stereocenters. The maximum Gasteiger partial charge on any atom is 0.376 e. The fraction of sp³-hybridized carbons (Fsp3) is 0.615. The predicted octanol–water partition coefficient (Wildman–Crippen LogP) is 1.13. The second-order valence-electron chi connectivity index (χ2n) is 4.72. The molecule has 0 aliphatic carbocycles. The molecular weight excluding hydrogens is 244 g/mol. The van der Waals surface area contributed by atoms with Gasteiger partial charge in [0.05, 0.1) is 7.11 Å². The fourth-order valence-corrected chi connectivity index (χ4v) is 2.22. The number of rotatable bonds is 5. The number of hydrogen-bond donors (Lipinski definition) is 2. The maximum absolute atomic E-state index is 11.4. The van der Waals surface area contributed by atoms with Crippen molar-refractivity contribution in [1.29, 1.82) is 0 Å². The molecular formula is C13H20N4O2. The first-order valence-electron chi connectivity index (χ1n) is 6.60. The lowest BCUT2D eigenvalue weighted by Crippen LogP contribution is -2.24. The molecule has 0 saturated carbocycles. The molecule has 1 saturated heterocycles. The Labute approximate surface area is 113 Å². The molecule has 0 bridgehead atoms. The van der Waals surface area contributed by atoms with Crippen LogP contribution in [-0.4, -0.2) is 42.2 Å². The molecule has 1 fully saturated rings. The van der Waals surface area contributed by atoms with E-state index < -0.39 is 5.97 Å². The quantitative estimate of drug-likeness (QED) is 0.776. The van der Waals surface area contributed by atoms with Crippen LogP contribution in [-0.2, 0) is 4.74 Å². The highest BCUT2D eigenvalue weighted by atomic mass is 16.5. The summed E-state index contributed by atoms with van der Waals surface area (Å²) in [6.07, 6.45) is 3.54. The molecule has 19 heavy (non-hydrogen) atoms. The number of nitrogens with zero attached hydrogens (tertiary/aromatic N) is 2. The highest BCUT2D eigenvalue weighted by Crippen LogP contribution is 2.10. The van der Waals surface area contributed by atoms with Crippen molar-refractivity contribution in [2.75, 3.05) is 25.5 Å². The van der Waals surface area contributed by atoms with Crippen LogP contribution < -0.4 is 10.6 Å². The van der Waals surface area contributed by atoms with Crippen LogP contribution >= 0.6 is 0 Å². The average molecular weight is 264 g/mol. The minimum Gasteiger partial charge on any atom is -0.463 e. The van der Waals surface area contributed by atoms with Crippen LogP contribution in [0.1, 0.15) is 35.6 Å². The van der Waals surface area contributed by atoms with E-state index in [1.54, 1.807) is 0 Å². The number of nitrogens with one attached hydrogen (secondary N) is 2. The van der Waals surface area contributed by atoms with Crippen LogP contribution in [0.15, 0.2) is 6.07 Å². The first-order valence-corrected chi connectivity index (χ1v) is 6.60. The molecule has 2 rings (SSSR count). The van der Waals surface area contributed by atoms with E-state index in [0.717, 1.165) is 25.2 Å². The summed E-state index contributed by atoms with van der Waals surface area (Å²) >= 11 is 0. The van der Waals surface area contributed by atoms with Gasteiger partial charge in [-0.05, 0) is 32.7 Å². The van der Waals surface area contributed by atoms with Crippen molar-refractivity contribution in [3.05, 3.63) is 17.6 Å². The molecule has 1 aromatic rings. The monoisotopic (exact) mass is 264 g/mol. The van der Waals surface area contributed by atoms with Gasteiger partial charge < -0.3 is 15.4 Å². The molecule has 6 nitrogen and oxygen atoms in total. The van der Waals surface area contributed by atoms with E-state index >= 15 is 0 Å². The van der Waals surface area contributed by atoms with Crippen molar-refractivity contribution in [3.8, 4) is 0 Å². The van der Waals surface area contributed by atoms with Crippen LogP contribution in [0.25, 0.3) is 0 Å². The summed E-state index contributed by atoms with van der Waals surface area (Å²) in [5, 5.41) is 6.68. The Bertz CT molecular complexity index is 444. The Kier molecular flexibility index (Phi) is 4.68. The SMILES string of the molecule is COC(=O)c1nc(C)cc(NCC[C@@H]2CCCN2)n1. The fourth-order valence-electron chi connectivity index (χ4n) is 2.22. The van der Waals surface area contributed by atoms with Crippen molar-refractivity contribution in [2.24, 2.45) is 0 Å². The molecule has 0 unspecified atom stereocenters. The van der Waals surface area contributed by atoms with Gasteiger partial charge in [-0.3, -0.25) is 0 Å². The Morgan fingerprint density at radius 1 is 1.58 bits per heavy atom. The molecule has 2 N–H and O–H groups in total. The van der Waals surface area contributed by atoms with Crippen molar-refractivity contribution in [3.63, 3.8) is 0 Å². The molecule has 0 amide bonds. The Morgan fingerprint density at radius 3 is 3.11 bits per heavy atom. The van der Waals surface area contributed by atoms with Crippen molar-refractivity contribution >= 4 is 11.8 Å². The van der Waals surface area contributed by atoms with Gasteiger partial charge in [0.2, 0.25) is 5.82 Å². The third-order valence-corrected chi connectivity index (χ3v) is 3.18. The molecule has 2 heterocycles. The van der Waals surface area contributed by atoms with Crippen LogP contribution in [0.5, 0.6) is 0 Å². The van der Waals surface area contributed by atoms with E-state index in [-0.39, 0.29) is 5.82 Å². The van der Waals surface area contributed by atoms with Gasteiger partial charge in [-0.25, -0.2) is 14.8 Å². The maximum atomic E-state index is 11.4. The number of carbonyl (C=O) groups excluding carboxylic acids is 1. The molecule has 104 valence electrons. The summed E-state index contributed by atoms with van der Waals surface area (Å²) in [4.78, 5) is 19.6. The topological polar surface area (TPSA) is 76.1 Å². The molecule has 0 aromatic carbocycles. The highest BCUT2D eigenvalue weighted by molar-refractivity contribution is 5.85. The number of methoxy groups -OCH3 is 1. The predicted molar refractivity (Wildman–Crippen MR) is 72.2 cm³/mol. The summed E-state index contributed by atoms with van der Waals surface area (Å²) in [6, 6.07) is 2.42. The number of carbonyl (C=O) groups is 1. The van der Waals surface area contributed by atoms with E-state index in [1.165, 1.54) is 20.0 Å². The highest BCUT2D eigenvalue weighted by Gasteiger charge is 2.14. The number of anilines is 1. The smallest absolute Gasteiger partial charge is 0.376 e. The minimum atomic E-state index is -0.510. The first kappa shape index (κ1) is 13.7. The normalized spacial score (nSPS) is 18.3. The van der Waals surface area contributed by atoms with E-state index in [0.29, 0.717) is 11.9 Å². The third kappa shape index (κ3) is 3.89. The molecule has 0 radical (unpaired) electrons. The second-order valence-corrected chi connectivity index (χ2v) is 4.72. The first-order chi connectivity index (χ1) is 9.19. The third-order valence-electron chi connectivity index (χ3n) is 3.18. The number of aromatic nitrogens is 2. The molecule has 1 aliphatic heterocycles. The molecule has 1 aromatic heterocycles. The van der Waals surface area contributed by atoms with Crippen molar-refractivity contribution < 1.29 is 9.53 Å². The summed E-state index contributed by atoms with van der Waals surface area (Å²) in [5.74, 6) is 0.263. The number of hydrogen-bond acceptors (Lipinski definition) is 6. The Morgan fingerprint density at radius 2 is 2.42 bits per heavy atom. The van der Waals surface area contributed by atoms with Gasteiger partial charge in [-0.2, -0.15) is 0 Å². The van der Waals surface area contributed by atoms with Gasteiger partial charge >= 0.3 is 5.97 Å². The number of ether oxygens (including phenoxy) is 1. The summed E-state index contributed by atoms with van der Waals surface area (Å²) in [6.45, 7) is 3.77. The van der Waals surface area contributed by atoms with Gasteiger partial charge in [-0.15, -0.1) is 0 Å². The zero-order valence-electron chi connectivity index (χ0n) is 11.4. The van der Waals surface area contributed by atoms with Gasteiger partial charge in [0.25, 0.3) is 0 Å².